The number of hydrogen-bond acceptors (Lipinski definition) is 6. The summed E-state index contributed by atoms with van der Waals surface area (Å²) in [4.78, 5) is 29.5. The maximum atomic E-state index is 14.9. The molecule has 0 saturated carbocycles. The molecular formula is C22H12Cl2F2N4O4. The van der Waals surface area contributed by atoms with Crippen molar-refractivity contribution in [2.75, 3.05) is 5.73 Å². The fourth-order valence-electron chi connectivity index (χ4n) is 3.94. The van der Waals surface area contributed by atoms with Gasteiger partial charge in [-0.15, -0.1) is 0 Å². The number of benzene rings is 2. The lowest BCUT2D eigenvalue weighted by atomic mass is 9.86. The van der Waals surface area contributed by atoms with Crippen LogP contribution in [0.2, 0.25) is 10.0 Å². The van der Waals surface area contributed by atoms with Crippen molar-refractivity contribution in [1.29, 1.82) is 0 Å². The van der Waals surface area contributed by atoms with Crippen LogP contribution in [-0.4, -0.2) is 15.5 Å². The van der Waals surface area contributed by atoms with E-state index >= 15 is 0 Å². The van der Waals surface area contributed by atoms with Crippen LogP contribution in [0.25, 0.3) is 17.5 Å². The number of aromatic nitrogens is 2. The first-order valence-corrected chi connectivity index (χ1v) is 10.4. The van der Waals surface area contributed by atoms with Crippen LogP contribution in [0.5, 0.6) is 0 Å². The standard InChI is InChI=1S/C22H12Cl2F2N4O4/c23-9-3-1-5-11(25)8(9)7-13-21(32)33-19-16(18(27)31)15(14-10(24)4-2-6-12(14)26)17-20(30(13)19)34-22(28)29-17/h1-7,15H,(H2,27,31)(H2,28,29)/b13-7+. The summed E-state index contributed by atoms with van der Waals surface area (Å²) in [5.41, 5.74) is 9.41. The number of carbonyl (C=O) groups is 1. The highest BCUT2D eigenvalue weighted by molar-refractivity contribution is 6.32. The molecule has 1 atom stereocenters. The van der Waals surface area contributed by atoms with Gasteiger partial charge in [0.25, 0.3) is 11.9 Å². The van der Waals surface area contributed by atoms with Gasteiger partial charge in [-0.05, 0) is 30.3 Å². The molecule has 0 spiro atoms. The third-order valence-electron chi connectivity index (χ3n) is 5.32. The fourth-order valence-corrected chi connectivity index (χ4v) is 4.43. The molecule has 2 aromatic heterocycles. The van der Waals surface area contributed by atoms with Crippen molar-refractivity contribution < 1.29 is 22.4 Å². The Morgan fingerprint density at radius 2 is 1.76 bits per heavy atom. The number of anilines is 1. The quantitative estimate of drug-likeness (QED) is 0.439. The molecule has 1 aliphatic rings. The smallest absolute Gasteiger partial charge is 0.362 e. The van der Waals surface area contributed by atoms with Gasteiger partial charge >= 0.3 is 5.63 Å². The second-order valence-electron chi connectivity index (χ2n) is 7.28. The van der Waals surface area contributed by atoms with E-state index in [9.17, 15) is 18.4 Å². The Morgan fingerprint density at radius 1 is 1.09 bits per heavy atom. The van der Waals surface area contributed by atoms with Gasteiger partial charge in [-0.25, -0.2) is 18.1 Å². The number of fused-ring (bicyclic) bond motifs is 3. The van der Waals surface area contributed by atoms with Crippen LogP contribution in [0.4, 0.5) is 14.8 Å². The number of nitrogens with zero attached hydrogens (tertiary/aromatic N) is 2. The molecule has 4 aromatic rings. The maximum absolute atomic E-state index is 14.9. The number of amides is 1. The van der Waals surface area contributed by atoms with Gasteiger partial charge in [0, 0.05) is 16.1 Å². The average molecular weight is 505 g/mol. The molecule has 8 nitrogen and oxygen atoms in total. The first kappa shape index (κ1) is 21.9. The molecule has 0 fully saturated rings. The molecule has 0 bridgehead atoms. The van der Waals surface area contributed by atoms with Crippen LogP contribution in [0.1, 0.15) is 22.7 Å². The minimum Gasteiger partial charge on any atom is -0.406 e. The largest absolute Gasteiger partial charge is 0.406 e. The van der Waals surface area contributed by atoms with Crippen LogP contribution in [-0.2, 0) is 4.79 Å². The molecule has 172 valence electrons. The van der Waals surface area contributed by atoms with Crippen LogP contribution < -0.4 is 28.0 Å². The lowest BCUT2D eigenvalue weighted by molar-refractivity contribution is -0.113. The fraction of sp³-hybridized carbons (Fsp3) is 0.0455. The monoisotopic (exact) mass is 504 g/mol. The summed E-state index contributed by atoms with van der Waals surface area (Å²) in [5, 5.41) is -0.294. The van der Waals surface area contributed by atoms with Crippen molar-refractivity contribution in [3.05, 3.63) is 96.2 Å². The highest BCUT2D eigenvalue weighted by Crippen LogP contribution is 2.41. The number of rotatable bonds is 3. The summed E-state index contributed by atoms with van der Waals surface area (Å²) in [7, 11) is 0. The van der Waals surface area contributed by atoms with E-state index in [1.165, 1.54) is 24.3 Å². The minimum absolute atomic E-state index is 0.0122. The predicted molar refractivity (Wildman–Crippen MR) is 119 cm³/mol. The van der Waals surface area contributed by atoms with Crippen LogP contribution in [0.3, 0.4) is 0 Å². The summed E-state index contributed by atoms with van der Waals surface area (Å²) >= 11 is 12.4. The third kappa shape index (κ3) is 3.22. The number of halogens is 4. The predicted octanol–water partition coefficient (Wildman–Crippen LogP) is 2.20. The number of primary amides is 1. The second-order valence-corrected chi connectivity index (χ2v) is 8.10. The number of carbonyl (C=O) groups excluding carboxylic acids is 1. The van der Waals surface area contributed by atoms with E-state index in [4.69, 9.17) is 43.5 Å². The van der Waals surface area contributed by atoms with Gasteiger partial charge in [0.05, 0.1) is 16.5 Å². The lowest BCUT2D eigenvalue weighted by Crippen LogP contribution is -2.39. The molecule has 2 aromatic carbocycles. The van der Waals surface area contributed by atoms with Crippen LogP contribution >= 0.6 is 23.2 Å². The van der Waals surface area contributed by atoms with Gasteiger partial charge < -0.3 is 20.3 Å². The Kier molecular flexibility index (Phi) is 5.07. The number of oxazole rings is 2. The Balaban J connectivity index is 1.97. The molecule has 0 aliphatic carbocycles. The van der Waals surface area contributed by atoms with Gasteiger partial charge in [0.15, 0.2) is 0 Å². The van der Waals surface area contributed by atoms with Crippen molar-refractivity contribution in [1.82, 2.24) is 9.55 Å². The molecule has 1 aliphatic heterocycles. The summed E-state index contributed by atoms with van der Waals surface area (Å²) < 4.78 is 41.2. The SMILES string of the molecule is NC(=O)C1=c2oc(=O)/c(=C\c3c(F)cccc3Cl)n2-c2oc(N)nc2C1c1c(F)cccc1Cl. The Morgan fingerprint density at radius 3 is 2.41 bits per heavy atom. The summed E-state index contributed by atoms with van der Waals surface area (Å²) in [6.45, 7) is 0. The van der Waals surface area contributed by atoms with Gasteiger partial charge in [0.2, 0.25) is 11.4 Å². The zero-order chi connectivity index (χ0) is 24.3. The molecule has 5 rings (SSSR count). The molecule has 1 unspecified atom stereocenters. The van der Waals surface area contributed by atoms with Gasteiger partial charge in [-0.1, -0.05) is 35.3 Å². The van der Waals surface area contributed by atoms with Gasteiger partial charge in [0.1, 0.15) is 22.7 Å². The molecule has 4 N–H and O–H groups in total. The zero-order valence-corrected chi connectivity index (χ0v) is 18.3. The van der Waals surface area contributed by atoms with Crippen molar-refractivity contribution in [2.45, 2.75) is 5.92 Å². The van der Waals surface area contributed by atoms with Crippen molar-refractivity contribution >= 4 is 46.8 Å². The van der Waals surface area contributed by atoms with E-state index in [-0.39, 0.29) is 55.2 Å². The van der Waals surface area contributed by atoms with E-state index in [0.717, 1.165) is 22.8 Å². The number of nitrogen functional groups attached to an aromatic ring is 1. The van der Waals surface area contributed by atoms with Crippen LogP contribution in [0, 0.1) is 11.6 Å². The van der Waals surface area contributed by atoms with Gasteiger partial charge in [-0.3, -0.25) is 4.79 Å². The van der Waals surface area contributed by atoms with Gasteiger partial charge in [-0.2, -0.15) is 4.98 Å². The Hall–Kier alpha value is -3.89. The number of hydrogen-bond donors (Lipinski definition) is 2. The summed E-state index contributed by atoms with van der Waals surface area (Å²) in [5.74, 6) is -4.00. The summed E-state index contributed by atoms with van der Waals surface area (Å²) in [6.07, 6.45) is 1.12. The second kappa shape index (κ2) is 7.86. The summed E-state index contributed by atoms with van der Waals surface area (Å²) in [6, 6.07) is 7.52. The molecule has 0 saturated heterocycles. The normalized spacial score (nSPS) is 15.4. The van der Waals surface area contributed by atoms with Crippen molar-refractivity contribution in [3.63, 3.8) is 0 Å². The molecule has 3 heterocycles. The molecule has 1 amide bonds. The topological polar surface area (TPSA) is 130 Å². The third-order valence-corrected chi connectivity index (χ3v) is 5.98. The van der Waals surface area contributed by atoms with E-state index in [2.05, 4.69) is 4.98 Å². The highest BCUT2D eigenvalue weighted by atomic mass is 35.5. The van der Waals surface area contributed by atoms with E-state index in [0.29, 0.717) is 0 Å². The Bertz CT molecular complexity index is 1650. The van der Waals surface area contributed by atoms with E-state index in [1.807, 2.05) is 0 Å². The lowest BCUT2D eigenvalue weighted by Gasteiger charge is -2.22. The molecule has 34 heavy (non-hydrogen) atoms. The van der Waals surface area contributed by atoms with E-state index in [1.54, 1.807) is 0 Å². The maximum Gasteiger partial charge on any atom is 0.362 e. The molecular weight excluding hydrogens is 493 g/mol. The zero-order valence-electron chi connectivity index (χ0n) is 16.8. The molecule has 0 radical (unpaired) electrons. The average Bonchev–Trinajstić information content (AvgIpc) is 3.29. The van der Waals surface area contributed by atoms with Crippen molar-refractivity contribution in [3.8, 4) is 5.88 Å². The van der Waals surface area contributed by atoms with E-state index < -0.39 is 29.1 Å². The Labute approximate surface area is 198 Å². The van der Waals surface area contributed by atoms with Crippen LogP contribution in [0.15, 0.2) is 50.0 Å². The highest BCUT2D eigenvalue weighted by Gasteiger charge is 2.40. The van der Waals surface area contributed by atoms with Crippen molar-refractivity contribution in [2.24, 2.45) is 5.73 Å². The first-order chi connectivity index (χ1) is 16.2. The number of nitrogens with two attached hydrogens (primary N) is 2. The first-order valence-electron chi connectivity index (χ1n) is 9.61. The molecule has 12 heteroatoms. The minimum atomic E-state index is -1.31.